The van der Waals surface area contributed by atoms with Crippen LogP contribution in [0.4, 0.5) is 0 Å². The van der Waals surface area contributed by atoms with E-state index < -0.39 is 0 Å². The summed E-state index contributed by atoms with van der Waals surface area (Å²) < 4.78 is 0. The molecule has 2 aromatic carbocycles. The minimum Gasteiger partial charge on any atom is -0.341 e. The Bertz CT molecular complexity index is 1140. The number of H-pyrrole nitrogens is 1. The molecule has 0 spiro atoms. The van der Waals surface area contributed by atoms with Gasteiger partial charge in [-0.2, -0.15) is 0 Å². The fourth-order valence-corrected chi connectivity index (χ4v) is 4.92. The van der Waals surface area contributed by atoms with Gasteiger partial charge in [0.15, 0.2) is 0 Å². The van der Waals surface area contributed by atoms with E-state index in [0.29, 0.717) is 12.6 Å². The Morgan fingerprint density at radius 3 is 2.32 bits per heavy atom. The molecule has 0 saturated carbocycles. The van der Waals surface area contributed by atoms with Crippen molar-refractivity contribution in [3.05, 3.63) is 93.4 Å². The van der Waals surface area contributed by atoms with E-state index in [1.807, 2.05) is 42.5 Å². The molecule has 1 aliphatic heterocycles. The zero-order chi connectivity index (χ0) is 21.4. The molecule has 2 aliphatic rings. The van der Waals surface area contributed by atoms with Crippen molar-refractivity contribution in [2.45, 2.75) is 44.8 Å². The lowest BCUT2D eigenvalue weighted by molar-refractivity contribution is 0.0942. The van der Waals surface area contributed by atoms with E-state index in [9.17, 15) is 9.59 Å². The Labute approximate surface area is 182 Å². The van der Waals surface area contributed by atoms with Gasteiger partial charge in [-0.1, -0.05) is 55.0 Å². The van der Waals surface area contributed by atoms with Crippen molar-refractivity contribution < 1.29 is 4.79 Å². The van der Waals surface area contributed by atoms with Crippen molar-refractivity contribution in [3.63, 3.8) is 0 Å². The molecule has 5 heteroatoms. The molecule has 1 atom stereocenters. The summed E-state index contributed by atoms with van der Waals surface area (Å²) in [4.78, 5) is 31.1. The Morgan fingerprint density at radius 2 is 1.68 bits per heavy atom. The Morgan fingerprint density at radius 1 is 1.00 bits per heavy atom. The number of carbonyl (C=O) groups is 1. The van der Waals surface area contributed by atoms with Gasteiger partial charge >= 0.3 is 0 Å². The van der Waals surface area contributed by atoms with Crippen molar-refractivity contribution in [1.29, 1.82) is 0 Å². The summed E-state index contributed by atoms with van der Waals surface area (Å²) in [6, 6.07) is 20.0. The second-order valence-corrected chi connectivity index (χ2v) is 8.62. The molecular weight excluding hydrogens is 386 g/mol. The lowest BCUT2D eigenvalue weighted by atomic mass is 10.0. The van der Waals surface area contributed by atoms with Crippen LogP contribution in [0, 0.1) is 0 Å². The van der Waals surface area contributed by atoms with Crippen LogP contribution in [-0.2, 0) is 6.54 Å². The van der Waals surface area contributed by atoms with Crippen LogP contribution in [0.25, 0.3) is 11.1 Å². The number of hydrogen-bond donors (Lipinski definition) is 2. The third kappa shape index (κ3) is 3.70. The van der Waals surface area contributed by atoms with Crippen molar-refractivity contribution in [2.24, 2.45) is 0 Å². The molecule has 1 amide bonds. The SMILES string of the molecule is CC1CCCCN1Cc1ccc(C(=O)NC2c3ccccc3-c3ccccc32)c(=O)[nH]1. The number of hydrogen-bond acceptors (Lipinski definition) is 3. The summed E-state index contributed by atoms with van der Waals surface area (Å²) in [5, 5.41) is 3.09. The molecule has 158 valence electrons. The molecule has 3 aromatic rings. The summed E-state index contributed by atoms with van der Waals surface area (Å²) in [7, 11) is 0. The molecule has 31 heavy (non-hydrogen) atoms. The van der Waals surface area contributed by atoms with Crippen molar-refractivity contribution >= 4 is 5.91 Å². The number of amides is 1. The maximum Gasteiger partial charge on any atom is 0.261 e. The van der Waals surface area contributed by atoms with Crippen molar-refractivity contribution in [3.8, 4) is 11.1 Å². The van der Waals surface area contributed by atoms with Gasteiger partial charge in [-0.25, -0.2) is 0 Å². The highest BCUT2D eigenvalue weighted by atomic mass is 16.2. The van der Waals surface area contributed by atoms with Gasteiger partial charge in [-0.3, -0.25) is 14.5 Å². The predicted molar refractivity (Wildman–Crippen MR) is 122 cm³/mol. The first kappa shape index (κ1) is 19.8. The third-order valence-corrected chi connectivity index (χ3v) is 6.64. The summed E-state index contributed by atoms with van der Waals surface area (Å²) >= 11 is 0. The van der Waals surface area contributed by atoms with E-state index >= 15 is 0 Å². The van der Waals surface area contributed by atoms with Crippen LogP contribution in [0.3, 0.4) is 0 Å². The molecule has 5 nitrogen and oxygen atoms in total. The van der Waals surface area contributed by atoms with Gasteiger partial charge in [0.2, 0.25) is 0 Å². The van der Waals surface area contributed by atoms with Crippen LogP contribution in [0.5, 0.6) is 0 Å². The van der Waals surface area contributed by atoms with E-state index in [4.69, 9.17) is 0 Å². The van der Waals surface area contributed by atoms with Gasteiger partial charge in [-0.05, 0) is 60.7 Å². The number of fused-ring (bicyclic) bond motifs is 3. The largest absolute Gasteiger partial charge is 0.341 e. The average molecular weight is 414 g/mol. The molecular formula is C26H27N3O2. The average Bonchev–Trinajstić information content (AvgIpc) is 3.09. The smallest absolute Gasteiger partial charge is 0.261 e. The number of aromatic nitrogens is 1. The first-order valence-electron chi connectivity index (χ1n) is 11.1. The van der Waals surface area contributed by atoms with E-state index in [1.54, 1.807) is 6.07 Å². The number of nitrogens with zero attached hydrogens (tertiary/aromatic N) is 1. The third-order valence-electron chi connectivity index (χ3n) is 6.64. The van der Waals surface area contributed by atoms with E-state index in [0.717, 1.165) is 34.5 Å². The highest BCUT2D eigenvalue weighted by Gasteiger charge is 2.30. The number of piperidine rings is 1. The Balaban J connectivity index is 1.37. The quantitative estimate of drug-likeness (QED) is 0.672. The van der Waals surface area contributed by atoms with Crippen molar-refractivity contribution in [1.82, 2.24) is 15.2 Å². The molecule has 0 bridgehead atoms. The normalized spacial score (nSPS) is 18.4. The highest BCUT2D eigenvalue weighted by Crippen LogP contribution is 2.43. The predicted octanol–water partition coefficient (Wildman–Crippen LogP) is 4.25. The fraction of sp³-hybridized carbons (Fsp3) is 0.308. The van der Waals surface area contributed by atoms with Gasteiger partial charge in [0.25, 0.3) is 11.5 Å². The van der Waals surface area contributed by atoms with Crippen LogP contribution >= 0.6 is 0 Å². The molecule has 5 rings (SSSR count). The van der Waals surface area contributed by atoms with Crippen LogP contribution in [0.15, 0.2) is 65.5 Å². The summed E-state index contributed by atoms with van der Waals surface area (Å²) in [6.45, 7) is 3.99. The number of nitrogens with one attached hydrogen (secondary N) is 2. The number of carbonyl (C=O) groups excluding carboxylic acids is 1. The minimum atomic E-state index is -0.351. The summed E-state index contributed by atoms with van der Waals surface area (Å²) in [5.74, 6) is -0.351. The van der Waals surface area contributed by atoms with Gasteiger partial charge in [0, 0.05) is 18.3 Å². The zero-order valence-corrected chi connectivity index (χ0v) is 17.7. The number of pyridine rings is 1. The molecule has 1 fully saturated rings. The first-order chi connectivity index (χ1) is 15.1. The monoisotopic (exact) mass is 413 g/mol. The molecule has 2 heterocycles. The lowest BCUT2D eigenvalue weighted by Gasteiger charge is -2.33. The van der Waals surface area contributed by atoms with E-state index in [1.165, 1.54) is 19.3 Å². The molecule has 1 aromatic heterocycles. The van der Waals surface area contributed by atoms with Gasteiger partial charge in [-0.15, -0.1) is 0 Å². The number of benzene rings is 2. The van der Waals surface area contributed by atoms with Crippen molar-refractivity contribution in [2.75, 3.05) is 6.54 Å². The second kappa shape index (κ2) is 8.16. The maximum absolute atomic E-state index is 13.1. The minimum absolute atomic E-state index is 0.150. The Kier molecular flexibility index (Phi) is 5.20. The molecule has 1 unspecified atom stereocenters. The molecule has 1 saturated heterocycles. The summed E-state index contributed by atoms with van der Waals surface area (Å²) in [5.41, 5.74) is 5.04. The highest BCUT2D eigenvalue weighted by molar-refractivity contribution is 5.95. The van der Waals surface area contributed by atoms with Crippen LogP contribution in [-0.4, -0.2) is 28.4 Å². The topological polar surface area (TPSA) is 65.2 Å². The first-order valence-corrected chi connectivity index (χ1v) is 11.1. The maximum atomic E-state index is 13.1. The van der Waals surface area contributed by atoms with E-state index in [-0.39, 0.29) is 23.1 Å². The fourth-order valence-electron chi connectivity index (χ4n) is 4.92. The number of rotatable bonds is 4. The second-order valence-electron chi connectivity index (χ2n) is 8.62. The molecule has 1 aliphatic carbocycles. The van der Waals surface area contributed by atoms with Crippen LogP contribution < -0.4 is 10.9 Å². The number of aromatic amines is 1. The molecule has 0 radical (unpaired) electrons. The standard InChI is InChI=1S/C26H27N3O2/c1-17-8-6-7-15-29(17)16-18-13-14-23(25(30)27-18)26(31)28-24-21-11-4-2-9-19(21)20-10-3-5-12-22(20)24/h2-5,9-14,17,24H,6-8,15-16H2,1H3,(H,27,30)(H,28,31). The number of likely N-dealkylation sites (tertiary alicyclic amines) is 1. The van der Waals surface area contributed by atoms with Gasteiger partial charge in [0.05, 0.1) is 6.04 Å². The van der Waals surface area contributed by atoms with Crippen LogP contribution in [0.1, 0.15) is 59.4 Å². The van der Waals surface area contributed by atoms with E-state index in [2.05, 4.69) is 34.3 Å². The Hall–Kier alpha value is -3.18. The van der Waals surface area contributed by atoms with Crippen LogP contribution in [0.2, 0.25) is 0 Å². The lowest BCUT2D eigenvalue weighted by Crippen LogP contribution is -2.38. The van der Waals surface area contributed by atoms with Gasteiger partial charge in [0.1, 0.15) is 5.56 Å². The van der Waals surface area contributed by atoms with Gasteiger partial charge < -0.3 is 10.3 Å². The molecule has 2 N–H and O–H groups in total. The zero-order valence-electron chi connectivity index (χ0n) is 17.7. The summed E-state index contributed by atoms with van der Waals surface area (Å²) in [6.07, 6.45) is 3.65.